The first-order chi connectivity index (χ1) is 6.72. The average Bonchev–Trinajstić information content (AvgIpc) is 2.20. The van der Waals surface area contributed by atoms with E-state index in [0.717, 1.165) is 5.39 Å². The Bertz CT molecular complexity index is 530. The smallest absolute Gasteiger partial charge is 0.336 e. The standard InChI is InChI=1S/C10H9NO3/c1-13-7-4-2-6-3-5-8(12)14-10(6)9(7)11/h2-5H,11H2,1H3. The van der Waals surface area contributed by atoms with Gasteiger partial charge in [-0.2, -0.15) is 0 Å². The van der Waals surface area contributed by atoms with Gasteiger partial charge in [0.2, 0.25) is 0 Å². The van der Waals surface area contributed by atoms with Crippen molar-refractivity contribution >= 4 is 16.7 Å². The van der Waals surface area contributed by atoms with E-state index >= 15 is 0 Å². The lowest BCUT2D eigenvalue weighted by molar-refractivity contribution is 0.416. The van der Waals surface area contributed by atoms with Crippen molar-refractivity contribution in [1.29, 1.82) is 0 Å². The Labute approximate surface area is 79.9 Å². The van der Waals surface area contributed by atoms with Gasteiger partial charge in [-0.15, -0.1) is 0 Å². The first kappa shape index (κ1) is 8.62. The molecule has 0 saturated carbocycles. The summed E-state index contributed by atoms with van der Waals surface area (Å²) in [5.41, 5.74) is 6.04. The second-order valence-electron chi connectivity index (χ2n) is 2.85. The fraction of sp³-hybridized carbons (Fsp3) is 0.100. The van der Waals surface area contributed by atoms with Gasteiger partial charge in [-0.1, -0.05) is 0 Å². The van der Waals surface area contributed by atoms with Gasteiger partial charge in [-0.25, -0.2) is 4.79 Å². The summed E-state index contributed by atoms with van der Waals surface area (Å²) in [7, 11) is 1.51. The number of rotatable bonds is 1. The molecule has 0 aliphatic rings. The van der Waals surface area contributed by atoms with Crippen LogP contribution in [0.1, 0.15) is 0 Å². The molecule has 0 spiro atoms. The molecule has 0 amide bonds. The quantitative estimate of drug-likeness (QED) is 0.546. The Kier molecular flexibility index (Phi) is 1.89. The highest BCUT2D eigenvalue weighted by atomic mass is 16.5. The van der Waals surface area contributed by atoms with Gasteiger partial charge >= 0.3 is 5.63 Å². The summed E-state index contributed by atoms with van der Waals surface area (Å²) < 4.78 is 9.98. The molecule has 0 aliphatic carbocycles. The molecule has 4 nitrogen and oxygen atoms in total. The van der Waals surface area contributed by atoms with E-state index in [-0.39, 0.29) is 0 Å². The monoisotopic (exact) mass is 191 g/mol. The fourth-order valence-electron chi connectivity index (χ4n) is 1.31. The highest BCUT2D eigenvalue weighted by Crippen LogP contribution is 2.28. The number of hydrogen-bond donors (Lipinski definition) is 1. The van der Waals surface area contributed by atoms with Crippen LogP contribution in [0.25, 0.3) is 11.0 Å². The van der Waals surface area contributed by atoms with Crippen LogP contribution < -0.4 is 16.1 Å². The van der Waals surface area contributed by atoms with Gasteiger partial charge in [-0.05, 0) is 18.2 Å². The van der Waals surface area contributed by atoms with Crippen LogP contribution in [0.5, 0.6) is 5.75 Å². The third-order valence-electron chi connectivity index (χ3n) is 2.01. The van der Waals surface area contributed by atoms with Crippen LogP contribution in [0.15, 0.2) is 33.5 Å². The zero-order chi connectivity index (χ0) is 10.1. The maximum Gasteiger partial charge on any atom is 0.336 e. The van der Waals surface area contributed by atoms with Gasteiger partial charge < -0.3 is 14.9 Å². The van der Waals surface area contributed by atoms with E-state index in [1.807, 2.05) is 0 Å². The van der Waals surface area contributed by atoms with Crippen LogP contribution in [0.2, 0.25) is 0 Å². The first-order valence-corrected chi connectivity index (χ1v) is 4.08. The van der Waals surface area contributed by atoms with Crippen molar-refractivity contribution in [2.75, 3.05) is 12.8 Å². The van der Waals surface area contributed by atoms with Gasteiger partial charge in [-0.3, -0.25) is 0 Å². The van der Waals surface area contributed by atoms with Gasteiger partial charge in [0.05, 0.1) is 7.11 Å². The minimum Gasteiger partial charge on any atom is -0.494 e. The highest BCUT2D eigenvalue weighted by Gasteiger charge is 2.06. The molecule has 0 bridgehead atoms. The fourth-order valence-corrected chi connectivity index (χ4v) is 1.31. The van der Waals surface area contributed by atoms with Crippen LogP contribution in [0.3, 0.4) is 0 Å². The van der Waals surface area contributed by atoms with E-state index in [9.17, 15) is 4.79 Å². The zero-order valence-electron chi connectivity index (χ0n) is 7.61. The minimum absolute atomic E-state index is 0.350. The molecule has 0 atom stereocenters. The molecule has 1 aromatic carbocycles. The van der Waals surface area contributed by atoms with Crippen molar-refractivity contribution in [2.45, 2.75) is 0 Å². The average molecular weight is 191 g/mol. The first-order valence-electron chi connectivity index (χ1n) is 4.08. The van der Waals surface area contributed by atoms with Gasteiger partial charge in [0.1, 0.15) is 11.4 Å². The summed E-state index contributed by atoms with van der Waals surface area (Å²) in [5.74, 6) is 0.506. The van der Waals surface area contributed by atoms with Crippen molar-refractivity contribution in [2.24, 2.45) is 0 Å². The molecule has 0 unspecified atom stereocenters. The predicted molar refractivity (Wildman–Crippen MR) is 53.4 cm³/mol. The van der Waals surface area contributed by atoms with Gasteiger partial charge in [0.15, 0.2) is 5.58 Å². The molecule has 2 aromatic rings. The van der Waals surface area contributed by atoms with Crippen molar-refractivity contribution in [3.63, 3.8) is 0 Å². The van der Waals surface area contributed by atoms with Crippen molar-refractivity contribution in [3.05, 3.63) is 34.7 Å². The molecule has 0 aliphatic heterocycles. The third-order valence-corrected chi connectivity index (χ3v) is 2.01. The minimum atomic E-state index is -0.419. The molecule has 4 heteroatoms. The van der Waals surface area contributed by atoms with E-state index in [1.54, 1.807) is 18.2 Å². The summed E-state index contributed by atoms with van der Waals surface area (Å²) in [4.78, 5) is 11.0. The number of nitrogen functional groups attached to an aromatic ring is 1. The molecule has 0 radical (unpaired) electrons. The largest absolute Gasteiger partial charge is 0.494 e. The molecule has 0 saturated heterocycles. The number of nitrogens with two attached hydrogens (primary N) is 1. The van der Waals surface area contributed by atoms with Crippen LogP contribution in [0.4, 0.5) is 5.69 Å². The van der Waals surface area contributed by atoms with E-state index in [2.05, 4.69) is 0 Å². The Morgan fingerprint density at radius 2 is 2.00 bits per heavy atom. The second kappa shape index (κ2) is 3.06. The van der Waals surface area contributed by atoms with E-state index < -0.39 is 5.63 Å². The van der Waals surface area contributed by atoms with Crippen LogP contribution in [-0.4, -0.2) is 7.11 Å². The third kappa shape index (κ3) is 1.21. The molecular formula is C10H9NO3. The highest BCUT2D eigenvalue weighted by molar-refractivity contribution is 5.90. The molecule has 1 aromatic heterocycles. The number of benzene rings is 1. The second-order valence-corrected chi connectivity index (χ2v) is 2.85. The van der Waals surface area contributed by atoms with Crippen molar-refractivity contribution in [1.82, 2.24) is 0 Å². The summed E-state index contributed by atoms with van der Waals surface area (Å²) in [6, 6.07) is 6.54. The molecule has 2 rings (SSSR count). The van der Waals surface area contributed by atoms with E-state index in [4.69, 9.17) is 14.9 Å². The lowest BCUT2D eigenvalue weighted by Crippen LogP contribution is -1.98. The molecular weight excluding hydrogens is 182 g/mol. The van der Waals surface area contributed by atoms with Crippen molar-refractivity contribution in [3.8, 4) is 5.75 Å². The number of anilines is 1. The maximum absolute atomic E-state index is 11.0. The molecule has 0 fully saturated rings. The lowest BCUT2D eigenvalue weighted by Gasteiger charge is -2.05. The summed E-state index contributed by atoms with van der Waals surface area (Å²) in [6.07, 6.45) is 0. The summed E-state index contributed by atoms with van der Waals surface area (Å²) in [6.45, 7) is 0. The normalized spacial score (nSPS) is 10.4. The molecule has 72 valence electrons. The van der Waals surface area contributed by atoms with Gasteiger partial charge in [0, 0.05) is 11.5 Å². The topological polar surface area (TPSA) is 65.5 Å². The number of ether oxygens (including phenoxy) is 1. The Morgan fingerprint density at radius 1 is 1.29 bits per heavy atom. The Balaban J connectivity index is 2.86. The SMILES string of the molecule is COc1ccc2ccc(=O)oc2c1N. The van der Waals surface area contributed by atoms with Crippen LogP contribution in [0, 0.1) is 0 Å². The summed E-state index contributed by atoms with van der Waals surface area (Å²) in [5, 5.41) is 0.780. The van der Waals surface area contributed by atoms with Crippen LogP contribution in [-0.2, 0) is 0 Å². The molecule has 1 heterocycles. The Hall–Kier alpha value is -1.97. The van der Waals surface area contributed by atoms with E-state index in [1.165, 1.54) is 13.2 Å². The molecule has 14 heavy (non-hydrogen) atoms. The molecule has 2 N–H and O–H groups in total. The summed E-state index contributed by atoms with van der Waals surface area (Å²) >= 11 is 0. The van der Waals surface area contributed by atoms with Gasteiger partial charge in [0.25, 0.3) is 0 Å². The number of fused-ring (bicyclic) bond motifs is 1. The maximum atomic E-state index is 11.0. The Morgan fingerprint density at radius 3 is 2.71 bits per heavy atom. The number of methoxy groups -OCH3 is 1. The lowest BCUT2D eigenvalue weighted by atomic mass is 10.2. The predicted octanol–water partition coefficient (Wildman–Crippen LogP) is 1.38. The number of hydrogen-bond acceptors (Lipinski definition) is 4. The van der Waals surface area contributed by atoms with Crippen molar-refractivity contribution < 1.29 is 9.15 Å². The van der Waals surface area contributed by atoms with Crippen LogP contribution >= 0.6 is 0 Å². The van der Waals surface area contributed by atoms with E-state index in [0.29, 0.717) is 17.0 Å². The zero-order valence-corrected chi connectivity index (χ0v) is 7.61.